The Balaban J connectivity index is 2.68. The molecule has 0 aromatic heterocycles. The van der Waals surface area contributed by atoms with Crippen LogP contribution in [0.3, 0.4) is 0 Å². The van der Waals surface area contributed by atoms with Gasteiger partial charge in [-0.2, -0.15) is 5.10 Å². The Hall–Kier alpha value is -1.55. The highest BCUT2D eigenvalue weighted by atomic mass is 35.5. The van der Waals surface area contributed by atoms with Gasteiger partial charge in [0, 0.05) is 10.7 Å². The standard InChI is InChI=1S/C13H17ClN2O2/c1-3-4-5-9(2)15-16-13(18)11-8-10(14)6-7-12(11)17/h6-8,17H,3-5H2,1-2H3,(H,16,18). The van der Waals surface area contributed by atoms with Gasteiger partial charge < -0.3 is 5.11 Å². The zero-order valence-corrected chi connectivity index (χ0v) is 11.3. The van der Waals surface area contributed by atoms with E-state index in [0.29, 0.717) is 5.02 Å². The summed E-state index contributed by atoms with van der Waals surface area (Å²) in [7, 11) is 0. The number of nitrogens with zero attached hydrogens (tertiary/aromatic N) is 1. The summed E-state index contributed by atoms with van der Waals surface area (Å²) >= 11 is 5.77. The van der Waals surface area contributed by atoms with Crippen molar-refractivity contribution in [3.05, 3.63) is 28.8 Å². The highest BCUT2D eigenvalue weighted by Crippen LogP contribution is 2.21. The van der Waals surface area contributed by atoms with Crippen LogP contribution in [-0.4, -0.2) is 16.7 Å². The zero-order chi connectivity index (χ0) is 13.5. The van der Waals surface area contributed by atoms with Crippen LogP contribution >= 0.6 is 11.6 Å². The average molecular weight is 269 g/mol. The maximum absolute atomic E-state index is 11.8. The van der Waals surface area contributed by atoms with Crippen LogP contribution in [0.2, 0.25) is 5.02 Å². The molecule has 0 radical (unpaired) electrons. The molecule has 1 rings (SSSR count). The lowest BCUT2D eigenvalue weighted by atomic mass is 10.2. The number of nitrogens with one attached hydrogen (secondary N) is 1. The van der Waals surface area contributed by atoms with Crippen molar-refractivity contribution < 1.29 is 9.90 Å². The van der Waals surface area contributed by atoms with Gasteiger partial charge in [0.05, 0.1) is 5.56 Å². The Morgan fingerprint density at radius 1 is 1.50 bits per heavy atom. The molecule has 0 fully saturated rings. The molecule has 0 aliphatic heterocycles. The Labute approximate surface area is 112 Å². The molecule has 4 nitrogen and oxygen atoms in total. The number of hydrogen-bond acceptors (Lipinski definition) is 3. The van der Waals surface area contributed by atoms with Crippen molar-refractivity contribution in [1.82, 2.24) is 5.43 Å². The number of halogens is 1. The molecule has 0 aliphatic carbocycles. The van der Waals surface area contributed by atoms with E-state index in [1.165, 1.54) is 18.2 Å². The SMILES string of the molecule is CCCCC(C)=NNC(=O)c1cc(Cl)ccc1O. The molecule has 0 saturated carbocycles. The first kappa shape index (κ1) is 14.5. The molecule has 0 atom stereocenters. The third-order valence-electron chi connectivity index (χ3n) is 2.44. The fourth-order valence-electron chi connectivity index (χ4n) is 1.39. The average Bonchev–Trinajstić information content (AvgIpc) is 2.36. The van der Waals surface area contributed by atoms with E-state index < -0.39 is 5.91 Å². The second kappa shape index (κ2) is 7.01. The third-order valence-corrected chi connectivity index (χ3v) is 2.68. The monoisotopic (exact) mass is 268 g/mol. The first-order chi connectivity index (χ1) is 8.54. The maximum atomic E-state index is 11.8. The van der Waals surface area contributed by atoms with Crippen LogP contribution in [0.1, 0.15) is 43.5 Å². The highest BCUT2D eigenvalue weighted by Gasteiger charge is 2.10. The summed E-state index contributed by atoms with van der Waals surface area (Å²) in [5.74, 6) is -0.579. The lowest BCUT2D eigenvalue weighted by Crippen LogP contribution is -2.19. The fraction of sp³-hybridized carbons (Fsp3) is 0.385. The molecule has 0 aliphatic rings. The Bertz CT molecular complexity index is 458. The Kier molecular flexibility index (Phi) is 5.65. The van der Waals surface area contributed by atoms with Crippen molar-refractivity contribution in [2.24, 2.45) is 5.10 Å². The van der Waals surface area contributed by atoms with Crippen molar-refractivity contribution in [3.8, 4) is 5.75 Å². The van der Waals surface area contributed by atoms with Crippen LogP contribution in [0.5, 0.6) is 5.75 Å². The summed E-state index contributed by atoms with van der Waals surface area (Å²) in [5, 5.41) is 13.9. The van der Waals surface area contributed by atoms with Gasteiger partial charge in [0.2, 0.25) is 0 Å². The molecule has 0 bridgehead atoms. The number of unbranched alkanes of at least 4 members (excludes halogenated alkanes) is 1. The van der Waals surface area contributed by atoms with Gasteiger partial charge in [0.15, 0.2) is 0 Å². The second-order valence-corrected chi connectivity index (χ2v) is 4.49. The summed E-state index contributed by atoms with van der Waals surface area (Å²) in [6.45, 7) is 3.95. The van der Waals surface area contributed by atoms with E-state index in [4.69, 9.17) is 11.6 Å². The number of benzene rings is 1. The predicted molar refractivity (Wildman–Crippen MR) is 73.2 cm³/mol. The molecular weight excluding hydrogens is 252 g/mol. The minimum Gasteiger partial charge on any atom is -0.507 e. The minimum absolute atomic E-state index is 0.113. The molecule has 1 aromatic rings. The number of amides is 1. The number of phenolic OH excluding ortho intramolecular Hbond substituents is 1. The molecule has 1 aromatic carbocycles. The normalized spacial score (nSPS) is 11.4. The minimum atomic E-state index is -0.467. The second-order valence-electron chi connectivity index (χ2n) is 4.05. The summed E-state index contributed by atoms with van der Waals surface area (Å²) in [5.41, 5.74) is 3.38. The lowest BCUT2D eigenvalue weighted by Gasteiger charge is -2.04. The molecule has 0 saturated heterocycles. The number of hydrogen-bond donors (Lipinski definition) is 2. The van der Waals surface area contributed by atoms with E-state index in [1.54, 1.807) is 0 Å². The quantitative estimate of drug-likeness (QED) is 0.635. The number of carbonyl (C=O) groups excluding carboxylic acids is 1. The molecule has 0 heterocycles. The number of phenols is 1. The van der Waals surface area contributed by atoms with Gasteiger partial charge in [-0.25, -0.2) is 5.43 Å². The van der Waals surface area contributed by atoms with E-state index in [9.17, 15) is 9.90 Å². The van der Waals surface area contributed by atoms with E-state index in [2.05, 4.69) is 17.5 Å². The number of hydrazone groups is 1. The van der Waals surface area contributed by atoms with Crippen LogP contribution in [-0.2, 0) is 0 Å². The lowest BCUT2D eigenvalue weighted by molar-refractivity contribution is 0.0952. The van der Waals surface area contributed by atoms with Gasteiger partial charge in [0.25, 0.3) is 5.91 Å². The summed E-state index contributed by atoms with van der Waals surface area (Å²) in [6.07, 6.45) is 2.96. The van der Waals surface area contributed by atoms with Crippen molar-refractivity contribution in [2.75, 3.05) is 0 Å². The molecule has 0 spiro atoms. The smallest absolute Gasteiger partial charge is 0.275 e. The summed E-state index contributed by atoms with van der Waals surface area (Å²) in [4.78, 5) is 11.8. The number of aromatic hydroxyl groups is 1. The van der Waals surface area contributed by atoms with Crippen LogP contribution in [0.25, 0.3) is 0 Å². The molecule has 5 heteroatoms. The van der Waals surface area contributed by atoms with Crippen molar-refractivity contribution in [2.45, 2.75) is 33.1 Å². The number of carbonyl (C=O) groups is 1. The summed E-state index contributed by atoms with van der Waals surface area (Å²) in [6, 6.07) is 4.30. The summed E-state index contributed by atoms with van der Waals surface area (Å²) < 4.78 is 0. The van der Waals surface area contributed by atoms with Crippen molar-refractivity contribution >= 4 is 23.2 Å². The molecular formula is C13H17ClN2O2. The van der Waals surface area contributed by atoms with Gasteiger partial charge >= 0.3 is 0 Å². The first-order valence-corrected chi connectivity index (χ1v) is 6.24. The first-order valence-electron chi connectivity index (χ1n) is 5.86. The van der Waals surface area contributed by atoms with E-state index in [1.807, 2.05) is 6.92 Å². The maximum Gasteiger partial charge on any atom is 0.275 e. The Morgan fingerprint density at radius 3 is 2.89 bits per heavy atom. The number of rotatable bonds is 5. The fourth-order valence-corrected chi connectivity index (χ4v) is 1.56. The third kappa shape index (κ3) is 4.37. The highest BCUT2D eigenvalue weighted by molar-refractivity contribution is 6.31. The largest absolute Gasteiger partial charge is 0.507 e. The molecule has 0 unspecified atom stereocenters. The van der Waals surface area contributed by atoms with Crippen molar-refractivity contribution in [1.29, 1.82) is 0 Å². The predicted octanol–water partition coefficient (Wildman–Crippen LogP) is 3.34. The van der Waals surface area contributed by atoms with E-state index in [0.717, 1.165) is 25.0 Å². The van der Waals surface area contributed by atoms with E-state index >= 15 is 0 Å². The molecule has 98 valence electrons. The van der Waals surface area contributed by atoms with Crippen LogP contribution in [0.15, 0.2) is 23.3 Å². The van der Waals surface area contributed by atoms with Gasteiger partial charge in [-0.1, -0.05) is 24.9 Å². The topological polar surface area (TPSA) is 61.7 Å². The van der Waals surface area contributed by atoms with Gasteiger partial charge in [-0.15, -0.1) is 0 Å². The van der Waals surface area contributed by atoms with Crippen molar-refractivity contribution in [3.63, 3.8) is 0 Å². The van der Waals surface area contributed by atoms with Crippen LogP contribution < -0.4 is 5.43 Å². The van der Waals surface area contributed by atoms with Crippen LogP contribution in [0, 0.1) is 0 Å². The van der Waals surface area contributed by atoms with Gasteiger partial charge in [0.1, 0.15) is 5.75 Å². The van der Waals surface area contributed by atoms with E-state index in [-0.39, 0.29) is 11.3 Å². The van der Waals surface area contributed by atoms with Crippen LogP contribution in [0.4, 0.5) is 0 Å². The van der Waals surface area contributed by atoms with Gasteiger partial charge in [-0.05, 0) is 38.0 Å². The molecule has 2 N–H and O–H groups in total. The molecule has 1 amide bonds. The zero-order valence-electron chi connectivity index (χ0n) is 10.5. The molecule has 18 heavy (non-hydrogen) atoms. The Morgan fingerprint density at radius 2 is 2.22 bits per heavy atom. The van der Waals surface area contributed by atoms with Gasteiger partial charge in [-0.3, -0.25) is 4.79 Å².